The van der Waals surface area contributed by atoms with Gasteiger partial charge in [0.25, 0.3) is 5.91 Å². The Bertz CT molecular complexity index is 722. The Morgan fingerprint density at radius 1 is 1.10 bits per heavy atom. The van der Waals surface area contributed by atoms with Gasteiger partial charge in [0.05, 0.1) is 11.6 Å². The third-order valence-corrected chi connectivity index (χ3v) is 5.59. The first kappa shape index (κ1) is 21.4. The Kier molecular flexibility index (Phi) is 6.31. The van der Waals surface area contributed by atoms with E-state index in [1.165, 1.54) is 0 Å². The standard InChI is InChI=1S/C21H34N6O2/c1-21(2,3)23-18-7-6-16(14-22-18)19(28)27-9-8-17(15-27)25(5)20(29)26-12-10-24(4)11-13-26/h6-7,14,17H,8-13,15H2,1-5H3,(H,22,23). The van der Waals surface area contributed by atoms with Crippen LogP contribution in [0.1, 0.15) is 37.6 Å². The fourth-order valence-corrected chi connectivity index (χ4v) is 3.78. The first-order valence-corrected chi connectivity index (χ1v) is 10.4. The van der Waals surface area contributed by atoms with Crippen molar-refractivity contribution in [2.45, 2.75) is 38.8 Å². The highest BCUT2D eigenvalue weighted by atomic mass is 16.2. The van der Waals surface area contributed by atoms with Crippen LogP contribution >= 0.6 is 0 Å². The largest absolute Gasteiger partial charge is 0.365 e. The van der Waals surface area contributed by atoms with Crippen molar-refractivity contribution in [3.8, 4) is 0 Å². The maximum Gasteiger partial charge on any atom is 0.320 e. The zero-order valence-corrected chi connectivity index (χ0v) is 18.3. The van der Waals surface area contributed by atoms with E-state index in [1.807, 2.05) is 33.9 Å². The van der Waals surface area contributed by atoms with Gasteiger partial charge in [-0.3, -0.25) is 4.79 Å². The Labute approximate surface area is 173 Å². The summed E-state index contributed by atoms with van der Waals surface area (Å²) in [6.45, 7) is 10.8. The van der Waals surface area contributed by atoms with Crippen LogP contribution in [0.3, 0.4) is 0 Å². The summed E-state index contributed by atoms with van der Waals surface area (Å²) in [4.78, 5) is 37.8. The lowest BCUT2D eigenvalue weighted by molar-refractivity contribution is 0.0775. The number of likely N-dealkylation sites (N-methyl/N-ethyl adjacent to an activating group) is 2. The molecule has 3 amide bonds. The van der Waals surface area contributed by atoms with Crippen LogP contribution in [0.2, 0.25) is 0 Å². The van der Waals surface area contributed by atoms with E-state index in [0.717, 1.165) is 38.4 Å². The molecule has 1 N–H and O–H groups in total. The highest BCUT2D eigenvalue weighted by Gasteiger charge is 2.33. The van der Waals surface area contributed by atoms with Gasteiger partial charge in [0.2, 0.25) is 0 Å². The maximum atomic E-state index is 12.9. The number of rotatable bonds is 3. The third-order valence-electron chi connectivity index (χ3n) is 5.59. The van der Waals surface area contributed by atoms with E-state index in [4.69, 9.17) is 0 Å². The van der Waals surface area contributed by atoms with Gasteiger partial charge in [-0.2, -0.15) is 0 Å². The molecule has 0 radical (unpaired) electrons. The summed E-state index contributed by atoms with van der Waals surface area (Å²) >= 11 is 0. The van der Waals surface area contributed by atoms with Gasteiger partial charge in [-0.15, -0.1) is 0 Å². The summed E-state index contributed by atoms with van der Waals surface area (Å²) in [5, 5.41) is 3.30. The third kappa shape index (κ3) is 5.38. The number of nitrogens with one attached hydrogen (secondary N) is 1. The molecular formula is C21H34N6O2. The predicted molar refractivity (Wildman–Crippen MR) is 114 cm³/mol. The van der Waals surface area contributed by atoms with Gasteiger partial charge in [0, 0.05) is 58.1 Å². The molecule has 3 heterocycles. The summed E-state index contributed by atoms with van der Waals surface area (Å²) < 4.78 is 0. The lowest BCUT2D eigenvalue weighted by Gasteiger charge is -2.36. The summed E-state index contributed by atoms with van der Waals surface area (Å²) in [5.74, 6) is 0.730. The molecule has 8 nitrogen and oxygen atoms in total. The van der Waals surface area contributed by atoms with Crippen molar-refractivity contribution in [2.75, 3.05) is 58.7 Å². The molecule has 2 fully saturated rings. The van der Waals surface area contributed by atoms with E-state index < -0.39 is 0 Å². The molecule has 1 aromatic rings. The molecule has 2 aliphatic rings. The Morgan fingerprint density at radius 3 is 2.38 bits per heavy atom. The molecule has 8 heteroatoms. The number of anilines is 1. The molecule has 1 aromatic heterocycles. The second kappa shape index (κ2) is 8.57. The van der Waals surface area contributed by atoms with E-state index in [-0.39, 0.29) is 23.5 Å². The number of hydrogen-bond acceptors (Lipinski definition) is 5. The van der Waals surface area contributed by atoms with Gasteiger partial charge in [-0.25, -0.2) is 9.78 Å². The molecule has 0 spiro atoms. The summed E-state index contributed by atoms with van der Waals surface area (Å²) in [6, 6.07) is 3.78. The van der Waals surface area contributed by atoms with Crippen molar-refractivity contribution < 1.29 is 9.59 Å². The van der Waals surface area contributed by atoms with Crippen molar-refractivity contribution in [1.82, 2.24) is 24.6 Å². The lowest BCUT2D eigenvalue weighted by Crippen LogP contribution is -2.53. The fraction of sp³-hybridized carbons (Fsp3) is 0.667. The van der Waals surface area contributed by atoms with Crippen LogP contribution < -0.4 is 5.32 Å². The molecular weight excluding hydrogens is 368 g/mol. The maximum absolute atomic E-state index is 12.9. The molecule has 3 rings (SSSR count). The second-order valence-corrected chi connectivity index (χ2v) is 9.18. The number of hydrogen-bond donors (Lipinski definition) is 1. The highest BCUT2D eigenvalue weighted by Crippen LogP contribution is 2.20. The smallest absolute Gasteiger partial charge is 0.320 e. The van der Waals surface area contributed by atoms with E-state index in [1.54, 1.807) is 6.20 Å². The van der Waals surface area contributed by atoms with Crippen molar-refractivity contribution in [2.24, 2.45) is 0 Å². The van der Waals surface area contributed by atoms with Crippen LogP contribution in [-0.2, 0) is 0 Å². The fourth-order valence-electron chi connectivity index (χ4n) is 3.78. The summed E-state index contributed by atoms with van der Waals surface area (Å²) in [6.07, 6.45) is 2.43. The Morgan fingerprint density at radius 2 is 1.79 bits per heavy atom. The van der Waals surface area contributed by atoms with E-state index in [2.05, 4.69) is 43.0 Å². The topological polar surface area (TPSA) is 72.0 Å². The molecule has 2 saturated heterocycles. The Hall–Kier alpha value is -2.35. The minimum atomic E-state index is -0.0818. The van der Waals surface area contributed by atoms with Gasteiger partial charge in [-0.1, -0.05) is 0 Å². The highest BCUT2D eigenvalue weighted by molar-refractivity contribution is 5.94. The number of carbonyl (C=O) groups is 2. The zero-order valence-electron chi connectivity index (χ0n) is 18.3. The normalized spacial score (nSPS) is 20.7. The van der Waals surface area contributed by atoms with E-state index >= 15 is 0 Å². The number of aromatic nitrogens is 1. The van der Waals surface area contributed by atoms with Gasteiger partial charge >= 0.3 is 6.03 Å². The van der Waals surface area contributed by atoms with E-state index in [9.17, 15) is 9.59 Å². The Balaban J connectivity index is 1.55. The molecule has 29 heavy (non-hydrogen) atoms. The lowest BCUT2D eigenvalue weighted by atomic mass is 10.1. The van der Waals surface area contributed by atoms with Gasteiger partial charge in [0.15, 0.2) is 0 Å². The van der Waals surface area contributed by atoms with Crippen LogP contribution in [0, 0.1) is 0 Å². The number of nitrogens with zero attached hydrogens (tertiary/aromatic N) is 5. The summed E-state index contributed by atoms with van der Waals surface area (Å²) in [7, 11) is 3.93. The SMILES string of the molecule is CN1CCN(C(=O)N(C)C2CCN(C(=O)c3ccc(NC(C)(C)C)nc3)C2)CC1. The van der Waals surface area contributed by atoms with Gasteiger partial charge in [0.1, 0.15) is 5.82 Å². The average molecular weight is 403 g/mol. The van der Waals surface area contributed by atoms with Crippen LogP contribution in [0.15, 0.2) is 18.3 Å². The monoisotopic (exact) mass is 402 g/mol. The number of likely N-dealkylation sites (tertiary alicyclic amines) is 1. The first-order chi connectivity index (χ1) is 13.6. The average Bonchev–Trinajstić information content (AvgIpc) is 3.16. The van der Waals surface area contributed by atoms with Crippen LogP contribution in [0.4, 0.5) is 10.6 Å². The van der Waals surface area contributed by atoms with Gasteiger partial charge < -0.3 is 24.9 Å². The first-order valence-electron chi connectivity index (χ1n) is 10.4. The molecule has 1 atom stereocenters. The molecule has 2 aliphatic heterocycles. The molecule has 0 aromatic carbocycles. The minimum absolute atomic E-state index is 0.0252. The van der Waals surface area contributed by atoms with Crippen molar-refractivity contribution >= 4 is 17.8 Å². The summed E-state index contributed by atoms with van der Waals surface area (Å²) in [5.41, 5.74) is 0.500. The van der Waals surface area contributed by atoms with Crippen molar-refractivity contribution in [3.63, 3.8) is 0 Å². The number of carbonyl (C=O) groups excluding carboxylic acids is 2. The number of urea groups is 1. The number of pyridine rings is 1. The predicted octanol–water partition coefficient (Wildman–Crippen LogP) is 1.81. The molecule has 1 unspecified atom stereocenters. The van der Waals surface area contributed by atoms with Crippen LogP contribution in [-0.4, -0.2) is 101 Å². The van der Waals surface area contributed by atoms with Crippen molar-refractivity contribution in [1.29, 1.82) is 0 Å². The molecule has 0 aliphatic carbocycles. The van der Waals surface area contributed by atoms with E-state index in [0.29, 0.717) is 18.7 Å². The van der Waals surface area contributed by atoms with Crippen LogP contribution in [0.25, 0.3) is 0 Å². The number of piperazine rings is 1. The molecule has 0 saturated carbocycles. The van der Waals surface area contributed by atoms with Gasteiger partial charge in [-0.05, 0) is 46.4 Å². The zero-order chi connectivity index (χ0) is 21.2. The van der Waals surface area contributed by atoms with Crippen molar-refractivity contribution in [3.05, 3.63) is 23.9 Å². The minimum Gasteiger partial charge on any atom is -0.365 e. The number of amides is 3. The second-order valence-electron chi connectivity index (χ2n) is 9.18. The molecule has 0 bridgehead atoms. The van der Waals surface area contributed by atoms with Crippen LogP contribution in [0.5, 0.6) is 0 Å². The quantitative estimate of drug-likeness (QED) is 0.835. The molecule has 160 valence electrons.